The highest BCUT2D eigenvalue weighted by Crippen LogP contribution is 2.22. The zero-order valence-electron chi connectivity index (χ0n) is 33.9. The predicted octanol–water partition coefficient (Wildman–Crippen LogP) is -2.11. The van der Waals surface area contributed by atoms with Crippen molar-refractivity contribution in [3.63, 3.8) is 0 Å². The molecule has 0 aromatic heterocycles. The average molecular weight is 889 g/mol. The Bertz CT molecular complexity index is 1970. The second-order valence-corrected chi connectivity index (χ2v) is 17.3. The molecule has 0 saturated carbocycles. The van der Waals surface area contributed by atoms with Crippen LogP contribution in [0.5, 0.6) is 0 Å². The van der Waals surface area contributed by atoms with Crippen LogP contribution in [0.3, 0.4) is 0 Å². The van der Waals surface area contributed by atoms with Crippen LogP contribution >= 0.6 is 11.8 Å². The van der Waals surface area contributed by atoms with Crippen LogP contribution in [-0.2, 0) is 54.1 Å². The zero-order valence-corrected chi connectivity index (χ0v) is 35.6. The predicted molar refractivity (Wildman–Crippen MR) is 226 cm³/mol. The minimum atomic E-state index is -3.79. The van der Waals surface area contributed by atoms with E-state index in [1.165, 1.54) is 28.8 Å². The van der Waals surface area contributed by atoms with Gasteiger partial charge in [-0.15, -0.1) is 0 Å². The highest BCUT2D eigenvalue weighted by atomic mass is 32.2. The van der Waals surface area contributed by atoms with Crippen molar-refractivity contribution in [2.45, 2.75) is 99.1 Å². The van der Waals surface area contributed by atoms with Crippen molar-refractivity contribution in [2.24, 2.45) is 22.9 Å². The van der Waals surface area contributed by atoms with E-state index in [0.29, 0.717) is 12.2 Å². The number of hydrogen-bond acceptors (Lipinski definition) is 12. The Balaban J connectivity index is 1.76. The first kappa shape index (κ1) is 49.8. The summed E-state index contributed by atoms with van der Waals surface area (Å²) in [6.45, 7) is 1.47. The Hall–Kier alpha value is -5.58. The van der Waals surface area contributed by atoms with E-state index in [1.807, 2.05) is 37.3 Å². The number of carbonyl (C=O) groups is 8. The van der Waals surface area contributed by atoms with Crippen molar-refractivity contribution in [1.82, 2.24) is 30.9 Å². The quantitative estimate of drug-likeness (QED) is 0.0459. The summed E-state index contributed by atoms with van der Waals surface area (Å²) in [5.74, 6) is -5.86. The fraction of sp³-hybridized carbons (Fsp3) is 0.487. The number of hydrogen-bond donors (Lipinski definition) is 9. The molecule has 5 atom stereocenters. The van der Waals surface area contributed by atoms with E-state index in [0.717, 1.165) is 11.1 Å². The Morgan fingerprint density at radius 1 is 0.787 bits per heavy atom. The molecule has 1 aliphatic rings. The fourth-order valence-electron chi connectivity index (χ4n) is 6.25. The molecule has 0 bridgehead atoms. The van der Waals surface area contributed by atoms with Crippen LogP contribution in [0.1, 0.15) is 62.5 Å². The van der Waals surface area contributed by atoms with Crippen molar-refractivity contribution in [2.75, 3.05) is 25.4 Å². The molecule has 8 amide bonds. The minimum absolute atomic E-state index is 0.00544. The second kappa shape index (κ2) is 24.6. The molecule has 13 N–H and O–H groups in total. The molecule has 0 aliphatic carbocycles. The number of nitrogens with zero attached hydrogens (tertiary/aromatic N) is 1. The number of likely N-dealkylation sites (tertiary alicyclic amines) is 1. The van der Waals surface area contributed by atoms with Gasteiger partial charge < -0.3 is 49.1 Å². The number of sulfonamides is 1. The van der Waals surface area contributed by atoms with Crippen LogP contribution in [0.2, 0.25) is 0 Å². The molecular weight excluding hydrogens is 833 g/mol. The molecule has 1 aliphatic heterocycles. The SMILES string of the molecule is Cc1ccc(S(=O)(=O)NCCCC[C@H](NC(=O)[C@@H]2CCCN2C(=O)[C@H](CSCc2ccccc2)NC(=O)[C@H](CC(N)=O)NC(=O)[C@@H](N)CCC(N)=O)C(=O)NCC(N)=O)cc1. The lowest BCUT2D eigenvalue weighted by Gasteiger charge is -2.30. The van der Waals surface area contributed by atoms with E-state index < -0.39 is 100 Å². The first-order chi connectivity index (χ1) is 28.9. The van der Waals surface area contributed by atoms with Gasteiger partial charge in [0.2, 0.25) is 57.3 Å². The average Bonchev–Trinajstić information content (AvgIpc) is 3.71. The molecule has 0 unspecified atom stereocenters. The molecule has 3 rings (SSSR count). The Morgan fingerprint density at radius 2 is 1.46 bits per heavy atom. The van der Waals surface area contributed by atoms with E-state index in [-0.39, 0.29) is 62.3 Å². The van der Waals surface area contributed by atoms with Crippen LogP contribution in [0.4, 0.5) is 0 Å². The molecule has 1 heterocycles. The number of benzene rings is 2. The van der Waals surface area contributed by atoms with E-state index in [2.05, 4.69) is 26.0 Å². The van der Waals surface area contributed by atoms with Crippen molar-refractivity contribution in [1.29, 1.82) is 0 Å². The lowest BCUT2D eigenvalue weighted by atomic mass is 10.1. The summed E-state index contributed by atoms with van der Waals surface area (Å²) < 4.78 is 27.9. The number of rotatable bonds is 26. The zero-order chi connectivity index (χ0) is 45.1. The summed E-state index contributed by atoms with van der Waals surface area (Å²) in [4.78, 5) is 104. The maximum Gasteiger partial charge on any atom is 0.246 e. The van der Waals surface area contributed by atoms with Crippen LogP contribution in [-0.4, -0.2) is 116 Å². The lowest BCUT2D eigenvalue weighted by Crippen LogP contribution is -2.59. The van der Waals surface area contributed by atoms with Gasteiger partial charge in [0.05, 0.1) is 23.9 Å². The summed E-state index contributed by atoms with van der Waals surface area (Å²) >= 11 is 1.30. The van der Waals surface area contributed by atoms with Crippen LogP contribution in [0, 0.1) is 6.92 Å². The smallest absolute Gasteiger partial charge is 0.246 e. The standard InChI is InChI=1S/C39H56N10O10S2/c1-24-12-14-26(15-13-24)61(58,59)45-18-6-5-10-28(36(54)44-21-34(43)52)46-38(56)31-11-7-19-49(31)39(57)30(23-60-22-25-8-3-2-4-9-25)48-37(55)29(20-33(42)51)47-35(53)27(40)16-17-32(41)50/h2-4,8-9,12-15,27-31,45H,5-7,10-11,16-23,40H2,1H3,(H2,41,50)(H2,42,51)(H2,43,52)(H,44,54)(H,46,56)(H,47,53)(H,48,55)/t27-,28-,29-,30-,31-/m0/s1. The highest BCUT2D eigenvalue weighted by Gasteiger charge is 2.40. The lowest BCUT2D eigenvalue weighted by molar-refractivity contribution is -0.142. The topological polar surface area (TPSA) is 338 Å². The number of amides is 8. The van der Waals surface area contributed by atoms with Crippen LogP contribution < -0.4 is 48.9 Å². The van der Waals surface area contributed by atoms with Gasteiger partial charge in [-0.2, -0.15) is 11.8 Å². The van der Waals surface area contributed by atoms with Gasteiger partial charge in [0.1, 0.15) is 24.2 Å². The molecule has 2 aromatic rings. The number of aryl methyl sites for hydroxylation is 1. The first-order valence-electron chi connectivity index (χ1n) is 19.7. The molecule has 20 nitrogen and oxygen atoms in total. The third kappa shape index (κ3) is 17.1. The van der Waals surface area contributed by atoms with Gasteiger partial charge in [-0.25, -0.2) is 13.1 Å². The maximum atomic E-state index is 14.3. The van der Waals surface area contributed by atoms with E-state index >= 15 is 0 Å². The molecule has 2 aromatic carbocycles. The number of nitrogens with one attached hydrogen (secondary N) is 5. The van der Waals surface area contributed by atoms with Crippen molar-refractivity contribution in [3.05, 3.63) is 65.7 Å². The van der Waals surface area contributed by atoms with Gasteiger partial charge in [-0.1, -0.05) is 48.0 Å². The first-order valence-corrected chi connectivity index (χ1v) is 22.3. The Morgan fingerprint density at radius 3 is 2.10 bits per heavy atom. The summed E-state index contributed by atoms with van der Waals surface area (Å²) in [7, 11) is -3.79. The van der Waals surface area contributed by atoms with Gasteiger partial charge in [0, 0.05) is 31.0 Å². The normalized spacial score (nSPS) is 15.7. The Labute approximate surface area is 358 Å². The Kier molecular flexibility index (Phi) is 20.1. The number of unbranched alkanes of at least 4 members (excludes halogenated alkanes) is 1. The summed E-state index contributed by atoms with van der Waals surface area (Å²) in [5.41, 5.74) is 23.4. The van der Waals surface area contributed by atoms with Gasteiger partial charge in [0.15, 0.2) is 0 Å². The van der Waals surface area contributed by atoms with Crippen molar-refractivity contribution < 1.29 is 46.8 Å². The van der Waals surface area contributed by atoms with E-state index in [1.54, 1.807) is 12.1 Å². The molecule has 0 spiro atoms. The minimum Gasteiger partial charge on any atom is -0.370 e. The number of primary amides is 3. The summed E-state index contributed by atoms with van der Waals surface area (Å²) in [5, 5.41) is 10.0. The van der Waals surface area contributed by atoms with Gasteiger partial charge in [-0.3, -0.25) is 38.4 Å². The van der Waals surface area contributed by atoms with Gasteiger partial charge >= 0.3 is 0 Å². The van der Waals surface area contributed by atoms with Crippen LogP contribution in [0.25, 0.3) is 0 Å². The molecule has 1 saturated heterocycles. The molecule has 22 heteroatoms. The monoisotopic (exact) mass is 888 g/mol. The third-order valence-electron chi connectivity index (χ3n) is 9.54. The maximum absolute atomic E-state index is 14.3. The van der Waals surface area contributed by atoms with Crippen molar-refractivity contribution >= 4 is 69.0 Å². The van der Waals surface area contributed by atoms with E-state index in [9.17, 15) is 46.8 Å². The molecule has 61 heavy (non-hydrogen) atoms. The van der Waals surface area contributed by atoms with Crippen LogP contribution in [0.15, 0.2) is 59.5 Å². The molecule has 334 valence electrons. The number of carbonyl (C=O) groups excluding carboxylic acids is 8. The van der Waals surface area contributed by atoms with E-state index in [4.69, 9.17) is 22.9 Å². The summed E-state index contributed by atoms with van der Waals surface area (Å²) in [6.07, 6.45) is 0.198. The van der Waals surface area contributed by atoms with Gasteiger partial charge in [0.25, 0.3) is 0 Å². The number of thioether (sulfide) groups is 1. The third-order valence-corrected chi connectivity index (χ3v) is 12.1. The largest absolute Gasteiger partial charge is 0.370 e. The summed E-state index contributed by atoms with van der Waals surface area (Å²) in [6, 6.07) is 9.25. The highest BCUT2D eigenvalue weighted by molar-refractivity contribution is 7.98. The van der Waals surface area contributed by atoms with Gasteiger partial charge in [-0.05, 0) is 63.1 Å². The molecule has 1 fully saturated rings. The molecular formula is C39H56N10O10S2. The second-order valence-electron chi connectivity index (χ2n) is 14.5. The molecule has 0 radical (unpaired) electrons. The number of nitrogens with two attached hydrogens (primary N) is 4. The fourth-order valence-corrected chi connectivity index (χ4v) is 8.33. The van der Waals surface area contributed by atoms with Crippen molar-refractivity contribution in [3.8, 4) is 0 Å².